The van der Waals surface area contributed by atoms with Crippen LogP contribution in [0.5, 0.6) is 0 Å². The van der Waals surface area contributed by atoms with Crippen LogP contribution in [0.25, 0.3) is 5.78 Å². The van der Waals surface area contributed by atoms with E-state index in [-0.39, 0.29) is 5.54 Å². The SMILES string of the molecule is Cc1ccccc1N1C(C)c2c(n3ccnc3n2C)C12CCCC2. The molecule has 2 aromatic heterocycles. The van der Waals surface area contributed by atoms with Crippen LogP contribution in [0.4, 0.5) is 5.69 Å². The van der Waals surface area contributed by atoms with Crippen LogP contribution in [0, 0.1) is 6.92 Å². The molecule has 4 nitrogen and oxygen atoms in total. The van der Waals surface area contributed by atoms with Crippen molar-refractivity contribution in [3.05, 3.63) is 53.6 Å². The van der Waals surface area contributed by atoms with Crippen molar-refractivity contribution in [2.45, 2.75) is 51.1 Å². The summed E-state index contributed by atoms with van der Waals surface area (Å²) in [5, 5.41) is 0. The molecular formula is C20H24N4. The minimum absolute atomic E-state index is 0.112. The predicted molar refractivity (Wildman–Crippen MR) is 96.4 cm³/mol. The van der Waals surface area contributed by atoms with Gasteiger partial charge in [-0.2, -0.15) is 0 Å². The third kappa shape index (κ3) is 1.52. The number of aromatic nitrogens is 3. The molecule has 0 radical (unpaired) electrons. The molecule has 24 heavy (non-hydrogen) atoms. The number of nitrogens with zero attached hydrogens (tertiary/aromatic N) is 4. The van der Waals surface area contributed by atoms with Gasteiger partial charge >= 0.3 is 0 Å². The summed E-state index contributed by atoms with van der Waals surface area (Å²) in [7, 11) is 2.17. The van der Waals surface area contributed by atoms with Gasteiger partial charge in [-0.1, -0.05) is 31.0 Å². The molecule has 1 unspecified atom stereocenters. The Bertz CT molecular complexity index is 926. The highest BCUT2D eigenvalue weighted by atomic mass is 15.3. The Morgan fingerprint density at radius 2 is 1.92 bits per heavy atom. The molecule has 2 aliphatic rings. The molecule has 5 rings (SSSR count). The summed E-state index contributed by atoms with van der Waals surface area (Å²) in [6, 6.07) is 9.21. The van der Waals surface area contributed by atoms with Gasteiger partial charge in [-0.25, -0.2) is 4.98 Å². The zero-order valence-electron chi connectivity index (χ0n) is 14.7. The van der Waals surface area contributed by atoms with E-state index in [1.165, 1.54) is 48.3 Å². The zero-order valence-corrected chi connectivity index (χ0v) is 14.7. The maximum Gasteiger partial charge on any atom is 0.214 e. The Balaban J connectivity index is 1.82. The fourth-order valence-corrected chi connectivity index (χ4v) is 5.37. The molecule has 1 aliphatic heterocycles. The maximum atomic E-state index is 4.59. The molecule has 124 valence electrons. The van der Waals surface area contributed by atoms with Crippen molar-refractivity contribution in [1.29, 1.82) is 0 Å². The van der Waals surface area contributed by atoms with Gasteiger partial charge in [0.25, 0.3) is 0 Å². The van der Waals surface area contributed by atoms with Crippen molar-refractivity contribution in [2.75, 3.05) is 4.90 Å². The van der Waals surface area contributed by atoms with Gasteiger partial charge in [0.1, 0.15) is 0 Å². The highest BCUT2D eigenvalue weighted by Gasteiger charge is 2.54. The van der Waals surface area contributed by atoms with Crippen LogP contribution >= 0.6 is 0 Å². The lowest BCUT2D eigenvalue weighted by molar-refractivity contribution is 0.402. The fourth-order valence-electron chi connectivity index (χ4n) is 5.37. The van der Waals surface area contributed by atoms with Gasteiger partial charge in [-0.3, -0.25) is 4.40 Å². The van der Waals surface area contributed by atoms with E-state index in [1.54, 1.807) is 0 Å². The smallest absolute Gasteiger partial charge is 0.214 e. The first-order chi connectivity index (χ1) is 11.6. The topological polar surface area (TPSA) is 25.5 Å². The molecule has 3 heterocycles. The summed E-state index contributed by atoms with van der Waals surface area (Å²) < 4.78 is 4.65. The summed E-state index contributed by atoms with van der Waals surface area (Å²) in [4.78, 5) is 7.30. The van der Waals surface area contributed by atoms with E-state index in [4.69, 9.17) is 0 Å². The van der Waals surface area contributed by atoms with Gasteiger partial charge in [-0.15, -0.1) is 0 Å². The highest BCUT2D eigenvalue weighted by Crippen LogP contribution is 2.57. The minimum Gasteiger partial charge on any atom is -0.352 e. The second-order valence-electron chi connectivity index (χ2n) is 7.46. The van der Waals surface area contributed by atoms with Crippen LogP contribution in [0.15, 0.2) is 36.7 Å². The first kappa shape index (κ1) is 14.1. The van der Waals surface area contributed by atoms with E-state index in [1.807, 2.05) is 6.20 Å². The molecule has 1 aliphatic carbocycles. The van der Waals surface area contributed by atoms with E-state index >= 15 is 0 Å². The molecule has 0 N–H and O–H groups in total. The van der Waals surface area contributed by atoms with E-state index < -0.39 is 0 Å². The first-order valence-corrected chi connectivity index (χ1v) is 9.02. The van der Waals surface area contributed by atoms with Crippen LogP contribution in [0.2, 0.25) is 0 Å². The summed E-state index contributed by atoms with van der Waals surface area (Å²) in [5.41, 5.74) is 5.77. The van der Waals surface area contributed by atoms with Crippen molar-refractivity contribution in [1.82, 2.24) is 14.0 Å². The zero-order chi connectivity index (χ0) is 16.5. The summed E-state index contributed by atoms with van der Waals surface area (Å²) >= 11 is 0. The number of hydrogen-bond acceptors (Lipinski definition) is 2. The monoisotopic (exact) mass is 320 g/mol. The Morgan fingerprint density at radius 3 is 2.67 bits per heavy atom. The molecule has 1 atom stereocenters. The Hall–Kier alpha value is -2.23. The summed E-state index contributed by atoms with van der Waals surface area (Å²) in [5.74, 6) is 1.07. The second kappa shape index (κ2) is 4.65. The lowest BCUT2D eigenvalue weighted by Crippen LogP contribution is -2.41. The molecule has 1 spiro atoms. The molecule has 3 aromatic rings. The average molecular weight is 320 g/mol. The van der Waals surface area contributed by atoms with E-state index in [2.05, 4.69) is 70.2 Å². The third-order valence-corrected chi connectivity index (χ3v) is 6.26. The normalized spacial score (nSPS) is 22.0. The quantitative estimate of drug-likeness (QED) is 0.667. The van der Waals surface area contributed by atoms with Crippen LogP contribution < -0.4 is 4.90 Å². The maximum absolute atomic E-state index is 4.59. The van der Waals surface area contributed by atoms with Gasteiger partial charge in [0, 0.05) is 25.1 Å². The minimum atomic E-state index is 0.112. The van der Waals surface area contributed by atoms with Crippen molar-refractivity contribution < 1.29 is 0 Å². The van der Waals surface area contributed by atoms with Gasteiger partial charge < -0.3 is 9.47 Å². The standard InChI is InChI=1S/C20H24N4/c1-14-8-4-5-9-16(14)24-15(2)17-18(20(24)10-6-7-11-20)23-13-12-21-19(23)22(17)3/h4-5,8-9,12-13,15H,6-7,10-11H2,1-3H3. The Kier molecular flexibility index (Phi) is 2.74. The van der Waals surface area contributed by atoms with Crippen LogP contribution in [0.1, 0.15) is 55.6 Å². The number of benzene rings is 1. The van der Waals surface area contributed by atoms with Crippen LogP contribution in [0.3, 0.4) is 0 Å². The molecule has 0 amide bonds. The number of fused-ring (bicyclic) bond motifs is 4. The van der Waals surface area contributed by atoms with Crippen LogP contribution in [-0.4, -0.2) is 14.0 Å². The van der Waals surface area contributed by atoms with Crippen molar-refractivity contribution in [2.24, 2.45) is 7.05 Å². The molecule has 1 saturated carbocycles. The molecule has 1 aromatic carbocycles. The largest absolute Gasteiger partial charge is 0.352 e. The van der Waals surface area contributed by atoms with Gasteiger partial charge in [0.05, 0.1) is 23.0 Å². The number of anilines is 1. The number of hydrogen-bond donors (Lipinski definition) is 0. The van der Waals surface area contributed by atoms with Gasteiger partial charge in [-0.05, 0) is 38.3 Å². The molecule has 4 heteroatoms. The van der Waals surface area contributed by atoms with E-state index in [9.17, 15) is 0 Å². The van der Waals surface area contributed by atoms with Crippen molar-refractivity contribution >= 4 is 11.5 Å². The second-order valence-corrected chi connectivity index (χ2v) is 7.46. The number of para-hydroxylation sites is 1. The fraction of sp³-hybridized carbons (Fsp3) is 0.450. The predicted octanol–water partition coefficient (Wildman–Crippen LogP) is 4.33. The average Bonchev–Trinajstić information content (AvgIpc) is 3.30. The Morgan fingerprint density at radius 1 is 1.17 bits per heavy atom. The third-order valence-electron chi connectivity index (χ3n) is 6.26. The van der Waals surface area contributed by atoms with Crippen molar-refractivity contribution in [3.8, 4) is 0 Å². The molecular weight excluding hydrogens is 296 g/mol. The molecule has 0 bridgehead atoms. The number of aryl methyl sites for hydroxylation is 2. The Labute approximate surface area is 142 Å². The van der Waals surface area contributed by atoms with E-state index in [0.717, 1.165) is 5.78 Å². The van der Waals surface area contributed by atoms with Crippen LogP contribution in [-0.2, 0) is 12.6 Å². The summed E-state index contributed by atoms with van der Waals surface area (Å²) in [6.07, 6.45) is 9.15. The highest BCUT2D eigenvalue weighted by molar-refractivity contribution is 5.64. The summed E-state index contributed by atoms with van der Waals surface area (Å²) in [6.45, 7) is 4.60. The van der Waals surface area contributed by atoms with Crippen molar-refractivity contribution in [3.63, 3.8) is 0 Å². The number of rotatable bonds is 1. The number of imidazole rings is 2. The first-order valence-electron chi connectivity index (χ1n) is 9.02. The molecule has 1 fully saturated rings. The van der Waals surface area contributed by atoms with E-state index in [0.29, 0.717) is 6.04 Å². The lowest BCUT2D eigenvalue weighted by atomic mass is 9.92. The molecule has 0 saturated heterocycles. The van der Waals surface area contributed by atoms with Gasteiger partial charge in [0.2, 0.25) is 5.78 Å². The lowest BCUT2D eigenvalue weighted by Gasteiger charge is -2.41. The van der Waals surface area contributed by atoms with Gasteiger partial charge in [0.15, 0.2) is 0 Å².